The maximum Gasteiger partial charge on any atom is 0.255 e. The lowest BCUT2D eigenvalue weighted by Gasteiger charge is -2.30. The molecule has 1 aromatic heterocycles. The van der Waals surface area contributed by atoms with Crippen LogP contribution in [0.25, 0.3) is 0 Å². The smallest absolute Gasteiger partial charge is 0.255 e. The first-order chi connectivity index (χ1) is 12.0. The van der Waals surface area contributed by atoms with E-state index in [1.165, 1.54) is 0 Å². The molecular formula is C19H20Cl2N2OS. The van der Waals surface area contributed by atoms with E-state index < -0.39 is 0 Å². The zero-order chi connectivity index (χ0) is 17.8. The molecule has 0 N–H and O–H groups in total. The summed E-state index contributed by atoms with van der Waals surface area (Å²) in [5.74, 6) is 1.51. The highest BCUT2D eigenvalue weighted by atomic mass is 35.5. The summed E-state index contributed by atoms with van der Waals surface area (Å²) >= 11 is 13.6. The van der Waals surface area contributed by atoms with Crippen LogP contribution in [0.1, 0.15) is 35.7 Å². The molecule has 1 amide bonds. The van der Waals surface area contributed by atoms with Crippen LogP contribution < -0.4 is 0 Å². The molecule has 0 saturated carbocycles. The third-order valence-electron chi connectivity index (χ3n) is 4.41. The van der Waals surface area contributed by atoms with Crippen molar-refractivity contribution < 1.29 is 4.79 Å². The number of nitrogens with zero attached hydrogens (tertiary/aromatic N) is 2. The molecule has 6 heteroatoms. The predicted molar refractivity (Wildman–Crippen MR) is 105 cm³/mol. The summed E-state index contributed by atoms with van der Waals surface area (Å²) in [4.78, 5) is 19.9. The van der Waals surface area contributed by atoms with Gasteiger partial charge in [-0.05, 0) is 48.6 Å². The number of benzene rings is 1. The van der Waals surface area contributed by atoms with Crippen molar-refractivity contribution in [3.05, 3.63) is 57.8 Å². The molecule has 2 heterocycles. The van der Waals surface area contributed by atoms with Crippen LogP contribution in [0, 0.1) is 5.92 Å². The van der Waals surface area contributed by atoms with Crippen molar-refractivity contribution >= 4 is 40.9 Å². The Hall–Kier alpha value is -1.23. The predicted octanol–water partition coefficient (Wildman–Crippen LogP) is 5.55. The molecule has 3 nitrogen and oxygen atoms in total. The number of rotatable bonds is 4. The topological polar surface area (TPSA) is 33.2 Å². The first-order valence-corrected chi connectivity index (χ1v) is 10.1. The molecule has 25 heavy (non-hydrogen) atoms. The van der Waals surface area contributed by atoms with Crippen LogP contribution in [0.5, 0.6) is 0 Å². The van der Waals surface area contributed by atoms with Gasteiger partial charge in [0, 0.05) is 36.1 Å². The third-order valence-corrected chi connectivity index (χ3v) is 6.21. The number of hydrogen-bond donors (Lipinski definition) is 0. The Balaban J connectivity index is 1.64. The van der Waals surface area contributed by atoms with Gasteiger partial charge in [0.05, 0.1) is 15.6 Å². The number of amides is 1. The maximum atomic E-state index is 12.7. The first kappa shape index (κ1) is 18.6. The second-order valence-electron chi connectivity index (χ2n) is 6.42. The van der Waals surface area contributed by atoms with Crippen LogP contribution in [-0.2, 0) is 5.75 Å². The SMILES string of the molecule is CC1CCN(C(=O)c2cncc(CSc3ccc(Cl)c(Cl)c3)c2)CC1. The minimum atomic E-state index is 0.0841. The van der Waals surface area contributed by atoms with Gasteiger partial charge in [0.25, 0.3) is 5.91 Å². The molecule has 1 aromatic carbocycles. The van der Waals surface area contributed by atoms with Crippen molar-refractivity contribution in [2.24, 2.45) is 5.92 Å². The Morgan fingerprint density at radius 2 is 1.96 bits per heavy atom. The van der Waals surface area contributed by atoms with Crippen molar-refractivity contribution in [1.29, 1.82) is 0 Å². The van der Waals surface area contributed by atoms with Gasteiger partial charge in [-0.2, -0.15) is 0 Å². The summed E-state index contributed by atoms with van der Waals surface area (Å²) < 4.78 is 0. The third kappa shape index (κ3) is 4.90. The Morgan fingerprint density at radius 3 is 2.68 bits per heavy atom. The van der Waals surface area contributed by atoms with Gasteiger partial charge < -0.3 is 4.90 Å². The normalized spacial score (nSPS) is 15.4. The molecule has 0 spiro atoms. The average Bonchev–Trinajstić information content (AvgIpc) is 2.63. The summed E-state index contributed by atoms with van der Waals surface area (Å²) in [6.07, 6.45) is 5.62. The van der Waals surface area contributed by atoms with Gasteiger partial charge in [0.1, 0.15) is 0 Å². The Kier molecular flexibility index (Phi) is 6.26. The van der Waals surface area contributed by atoms with Gasteiger partial charge in [-0.25, -0.2) is 0 Å². The van der Waals surface area contributed by atoms with Crippen molar-refractivity contribution in [3.63, 3.8) is 0 Å². The first-order valence-electron chi connectivity index (χ1n) is 8.34. The molecule has 0 radical (unpaired) electrons. The van der Waals surface area contributed by atoms with E-state index in [-0.39, 0.29) is 5.91 Å². The van der Waals surface area contributed by atoms with Gasteiger partial charge in [0.2, 0.25) is 0 Å². The van der Waals surface area contributed by atoms with Crippen LogP contribution in [0.2, 0.25) is 10.0 Å². The molecule has 1 fully saturated rings. The second kappa shape index (κ2) is 8.43. The van der Waals surface area contributed by atoms with Crippen LogP contribution in [-0.4, -0.2) is 28.9 Å². The molecule has 1 aliphatic rings. The molecule has 1 aliphatic heterocycles. The Bertz CT molecular complexity index is 761. The summed E-state index contributed by atoms with van der Waals surface area (Å²) in [6, 6.07) is 7.53. The van der Waals surface area contributed by atoms with E-state index in [4.69, 9.17) is 23.2 Å². The fourth-order valence-electron chi connectivity index (χ4n) is 2.81. The Labute approximate surface area is 162 Å². The zero-order valence-electron chi connectivity index (χ0n) is 14.0. The maximum absolute atomic E-state index is 12.7. The van der Waals surface area contributed by atoms with Gasteiger partial charge in [-0.1, -0.05) is 30.1 Å². The van der Waals surface area contributed by atoms with E-state index in [1.54, 1.807) is 30.2 Å². The fourth-order valence-corrected chi connectivity index (χ4v) is 4.03. The Morgan fingerprint density at radius 1 is 1.20 bits per heavy atom. The van der Waals surface area contributed by atoms with Gasteiger partial charge >= 0.3 is 0 Å². The highest BCUT2D eigenvalue weighted by Crippen LogP contribution is 2.30. The number of hydrogen-bond acceptors (Lipinski definition) is 3. The van der Waals surface area contributed by atoms with Crippen LogP contribution in [0.3, 0.4) is 0 Å². The van der Waals surface area contributed by atoms with Crippen LogP contribution in [0.15, 0.2) is 41.6 Å². The number of thioether (sulfide) groups is 1. The summed E-state index contributed by atoms with van der Waals surface area (Å²) in [5.41, 5.74) is 1.69. The standard InChI is InChI=1S/C19H20Cl2N2OS/c1-13-4-6-23(7-5-13)19(24)15-8-14(10-22-11-15)12-25-16-2-3-17(20)18(21)9-16/h2-3,8-11,13H,4-7,12H2,1H3. The molecule has 0 atom stereocenters. The number of carbonyl (C=O) groups excluding carboxylic acids is 1. The van der Waals surface area contributed by atoms with E-state index in [9.17, 15) is 4.79 Å². The van der Waals surface area contributed by atoms with Crippen LogP contribution >= 0.6 is 35.0 Å². The summed E-state index contributed by atoms with van der Waals surface area (Å²) in [6.45, 7) is 3.91. The van der Waals surface area contributed by atoms with E-state index >= 15 is 0 Å². The molecule has 0 bridgehead atoms. The average molecular weight is 395 g/mol. The van der Waals surface area contributed by atoms with Gasteiger partial charge in [0.15, 0.2) is 0 Å². The molecule has 1 saturated heterocycles. The molecule has 132 valence electrons. The molecular weight excluding hydrogens is 375 g/mol. The largest absolute Gasteiger partial charge is 0.339 e. The van der Waals surface area contributed by atoms with E-state index in [2.05, 4.69) is 11.9 Å². The monoisotopic (exact) mass is 394 g/mol. The molecule has 2 aromatic rings. The molecule has 3 rings (SSSR count). The van der Waals surface area contributed by atoms with Gasteiger partial charge in [-0.15, -0.1) is 11.8 Å². The number of likely N-dealkylation sites (tertiary alicyclic amines) is 1. The lowest BCUT2D eigenvalue weighted by Crippen LogP contribution is -2.37. The summed E-state index contributed by atoms with van der Waals surface area (Å²) in [7, 11) is 0. The number of carbonyl (C=O) groups is 1. The van der Waals surface area contributed by atoms with Gasteiger partial charge in [-0.3, -0.25) is 9.78 Å². The second-order valence-corrected chi connectivity index (χ2v) is 8.28. The highest BCUT2D eigenvalue weighted by Gasteiger charge is 2.21. The number of piperidine rings is 1. The lowest BCUT2D eigenvalue weighted by molar-refractivity contribution is 0.0696. The van der Waals surface area contributed by atoms with Crippen molar-refractivity contribution in [1.82, 2.24) is 9.88 Å². The van der Waals surface area contributed by atoms with Crippen molar-refractivity contribution in [3.8, 4) is 0 Å². The highest BCUT2D eigenvalue weighted by molar-refractivity contribution is 7.98. The number of halogens is 2. The van der Waals surface area contributed by atoms with Crippen LogP contribution in [0.4, 0.5) is 0 Å². The number of pyridine rings is 1. The zero-order valence-corrected chi connectivity index (χ0v) is 16.4. The number of aromatic nitrogens is 1. The summed E-state index contributed by atoms with van der Waals surface area (Å²) in [5, 5.41) is 1.10. The van der Waals surface area contributed by atoms with Crippen molar-refractivity contribution in [2.45, 2.75) is 30.4 Å². The van der Waals surface area contributed by atoms with E-state index in [0.29, 0.717) is 21.5 Å². The van der Waals surface area contributed by atoms with E-state index in [1.807, 2.05) is 23.1 Å². The molecule has 0 unspecified atom stereocenters. The fraction of sp³-hybridized carbons (Fsp3) is 0.368. The van der Waals surface area contributed by atoms with E-state index in [0.717, 1.165) is 42.1 Å². The quantitative estimate of drug-likeness (QED) is 0.636. The minimum Gasteiger partial charge on any atom is -0.339 e. The molecule has 0 aliphatic carbocycles. The van der Waals surface area contributed by atoms with Crippen molar-refractivity contribution in [2.75, 3.05) is 13.1 Å². The lowest BCUT2D eigenvalue weighted by atomic mass is 9.99. The minimum absolute atomic E-state index is 0.0841.